The molecule has 31 heavy (non-hydrogen) atoms. The Morgan fingerprint density at radius 3 is 2.52 bits per heavy atom. The van der Waals surface area contributed by atoms with E-state index in [-0.39, 0.29) is 5.41 Å². The van der Waals surface area contributed by atoms with Crippen LogP contribution in [-0.4, -0.2) is 8.97 Å². The van der Waals surface area contributed by atoms with E-state index in [9.17, 15) is 0 Å². The molecule has 0 unspecified atom stereocenters. The Morgan fingerprint density at radius 1 is 0.774 bits per heavy atom. The van der Waals surface area contributed by atoms with E-state index in [0.717, 1.165) is 5.71 Å². The molecule has 0 amide bonds. The molecule has 3 heteroatoms. The molecular formula is C28H20N2O. The number of aryl methyl sites for hydroxylation is 1. The van der Waals surface area contributed by atoms with Crippen LogP contribution in [0.2, 0.25) is 0 Å². The summed E-state index contributed by atoms with van der Waals surface area (Å²) in [5.41, 5.74) is 9.99. The van der Waals surface area contributed by atoms with E-state index in [4.69, 9.17) is 4.42 Å². The second kappa shape index (κ2) is 4.78. The SMILES string of the molecule is Cn1c2cccc3c4c(n5c6occc6c6ccc1c(c32)c65)-c1ccccc1C4(C)C. The maximum absolute atomic E-state index is 6.16. The quantitative estimate of drug-likeness (QED) is 0.263. The molecule has 0 spiro atoms. The molecule has 4 aromatic heterocycles. The maximum Gasteiger partial charge on any atom is 0.212 e. The zero-order chi connectivity index (χ0) is 20.6. The van der Waals surface area contributed by atoms with E-state index in [2.05, 4.69) is 90.5 Å². The van der Waals surface area contributed by atoms with Gasteiger partial charge in [-0.15, -0.1) is 0 Å². The van der Waals surface area contributed by atoms with Crippen LogP contribution in [0.25, 0.3) is 60.5 Å². The summed E-state index contributed by atoms with van der Waals surface area (Å²) < 4.78 is 10.9. The molecule has 8 rings (SSSR count). The zero-order valence-corrected chi connectivity index (χ0v) is 17.7. The van der Waals surface area contributed by atoms with Gasteiger partial charge in [0.05, 0.1) is 23.0 Å². The van der Waals surface area contributed by atoms with E-state index in [1.54, 1.807) is 0 Å². The van der Waals surface area contributed by atoms with E-state index in [1.807, 2.05) is 6.26 Å². The summed E-state index contributed by atoms with van der Waals surface area (Å²) in [7, 11) is 2.18. The van der Waals surface area contributed by atoms with Gasteiger partial charge in [0.15, 0.2) is 0 Å². The lowest BCUT2D eigenvalue weighted by Crippen LogP contribution is -2.15. The van der Waals surface area contributed by atoms with Crippen LogP contribution in [0.5, 0.6) is 0 Å². The number of nitrogens with zero attached hydrogens (tertiary/aromatic N) is 2. The van der Waals surface area contributed by atoms with Crippen molar-refractivity contribution in [2.45, 2.75) is 19.3 Å². The fourth-order valence-corrected chi connectivity index (χ4v) is 6.47. The van der Waals surface area contributed by atoms with Crippen LogP contribution in [0.1, 0.15) is 25.0 Å². The Kier molecular flexibility index (Phi) is 2.47. The van der Waals surface area contributed by atoms with Crippen molar-refractivity contribution < 1.29 is 4.42 Å². The van der Waals surface area contributed by atoms with Crippen LogP contribution in [0.4, 0.5) is 0 Å². The van der Waals surface area contributed by atoms with Gasteiger partial charge in [-0.3, -0.25) is 4.40 Å². The van der Waals surface area contributed by atoms with Crippen molar-refractivity contribution in [2.24, 2.45) is 7.05 Å². The first kappa shape index (κ1) is 16.0. The van der Waals surface area contributed by atoms with Crippen molar-refractivity contribution in [2.75, 3.05) is 0 Å². The summed E-state index contributed by atoms with van der Waals surface area (Å²) in [6.45, 7) is 4.73. The predicted molar refractivity (Wildman–Crippen MR) is 127 cm³/mol. The summed E-state index contributed by atoms with van der Waals surface area (Å²) in [6, 6.07) is 22.3. The zero-order valence-electron chi connectivity index (χ0n) is 17.7. The molecule has 0 N–H and O–H groups in total. The van der Waals surface area contributed by atoms with Crippen LogP contribution in [-0.2, 0) is 12.5 Å². The van der Waals surface area contributed by atoms with Crippen LogP contribution < -0.4 is 0 Å². The van der Waals surface area contributed by atoms with Crippen molar-refractivity contribution in [3.8, 4) is 11.3 Å². The first-order valence-electron chi connectivity index (χ1n) is 10.9. The molecule has 1 aliphatic carbocycles. The van der Waals surface area contributed by atoms with Crippen LogP contribution in [0.3, 0.4) is 0 Å². The monoisotopic (exact) mass is 400 g/mol. The molecule has 148 valence electrons. The summed E-state index contributed by atoms with van der Waals surface area (Å²) in [5.74, 6) is 0. The summed E-state index contributed by atoms with van der Waals surface area (Å²) >= 11 is 0. The molecule has 1 aliphatic rings. The van der Waals surface area contributed by atoms with Gasteiger partial charge in [-0.05, 0) is 40.8 Å². The topological polar surface area (TPSA) is 22.5 Å². The average molecular weight is 400 g/mol. The lowest BCUT2D eigenvalue weighted by atomic mass is 9.81. The van der Waals surface area contributed by atoms with Crippen LogP contribution in [0, 0.1) is 0 Å². The Bertz CT molecular complexity index is 1870. The van der Waals surface area contributed by atoms with Gasteiger partial charge in [-0.25, -0.2) is 0 Å². The number of benzene rings is 3. The van der Waals surface area contributed by atoms with Gasteiger partial charge in [0.2, 0.25) is 5.71 Å². The van der Waals surface area contributed by atoms with Crippen LogP contribution >= 0.6 is 0 Å². The van der Waals surface area contributed by atoms with Gasteiger partial charge in [-0.1, -0.05) is 50.2 Å². The molecule has 0 saturated carbocycles. The largest absolute Gasteiger partial charge is 0.447 e. The minimum absolute atomic E-state index is 0.111. The van der Waals surface area contributed by atoms with Gasteiger partial charge in [0.25, 0.3) is 0 Å². The van der Waals surface area contributed by atoms with Crippen molar-refractivity contribution in [3.63, 3.8) is 0 Å². The number of fused-ring (bicyclic) bond motifs is 8. The highest BCUT2D eigenvalue weighted by molar-refractivity contribution is 6.30. The first-order chi connectivity index (χ1) is 15.1. The first-order valence-corrected chi connectivity index (χ1v) is 10.9. The van der Waals surface area contributed by atoms with E-state index in [1.165, 1.54) is 65.9 Å². The Balaban J connectivity index is 1.87. The average Bonchev–Trinajstić information content (AvgIpc) is 3.46. The third-order valence-electron chi connectivity index (χ3n) is 7.74. The number of hydrogen-bond acceptors (Lipinski definition) is 1. The lowest BCUT2D eigenvalue weighted by molar-refractivity contribution is 0.599. The van der Waals surface area contributed by atoms with E-state index in [0.29, 0.717) is 0 Å². The molecule has 0 radical (unpaired) electrons. The smallest absolute Gasteiger partial charge is 0.212 e. The minimum atomic E-state index is -0.111. The van der Waals surface area contributed by atoms with Crippen molar-refractivity contribution in [1.29, 1.82) is 0 Å². The minimum Gasteiger partial charge on any atom is -0.447 e. The molecule has 0 atom stereocenters. The summed E-state index contributed by atoms with van der Waals surface area (Å²) in [6.07, 6.45) is 1.82. The lowest BCUT2D eigenvalue weighted by Gasteiger charge is -2.22. The second-order valence-electron chi connectivity index (χ2n) is 9.48. The highest BCUT2D eigenvalue weighted by atomic mass is 16.3. The normalized spacial score (nSPS) is 15.2. The van der Waals surface area contributed by atoms with Gasteiger partial charge in [0, 0.05) is 45.1 Å². The van der Waals surface area contributed by atoms with E-state index >= 15 is 0 Å². The fourth-order valence-electron chi connectivity index (χ4n) is 6.47. The van der Waals surface area contributed by atoms with Gasteiger partial charge in [-0.2, -0.15) is 0 Å². The summed E-state index contributed by atoms with van der Waals surface area (Å²) in [5, 5.41) is 6.48. The molecular weight excluding hydrogens is 380 g/mol. The number of aromatic nitrogens is 2. The highest BCUT2D eigenvalue weighted by Gasteiger charge is 2.39. The number of furan rings is 1. The number of rotatable bonds is 0. The Labute approximate surface area is 178 Å². The maximum atomic E-state index is 6.16. The molecule has 7 aromatic rings. The Hall–Kier alpha value is -3.72. The second-order valence-corrected chi connectivity index (χ2v) is 9.48. The predicted octanol–water partition coefficient (Wildman–Crippen LogP) is 7.23. The third-order valence-corrected chi connectivity index (χ3v) is 7.74. The van der Waals surface area contributed by atoms with E-state index < -0.39 is 0 Å². The molecule has 0 bridgehead atoms. The van der Waals surface area contributed by atoms with Crippen molar-refractivity contribution in [1.82, 2.24) is 8.97 Å². The molecule has 0 saturated heterocycles. The highest BCUT2D eigenvalue weighted by Crippen LogP contribution is 2.54. The standard InChI is InChI=1S/C28H20N2O/c1-28(2)19-9-5-4-7-17(19)26-24(28)18-8-6-10-20-22(18)23-21(29(20)3)12-11-15-16-13-14-31-27(16)30(26)25(15)23/h4-14H,1-3H3. The summed E-state index contributed by atoms with van der Waals surface area (Å²) in [4.78, 5) is 0. The molecule has 3 aromatic carbocycles. The van der Waals surface area contributed by atoms with Crippen molar-refractivity contribution >= 4 is 49.2 Å². The van der Waals surface area contributed by atoms with Crippen molar-refractivity contribution in [3.05, 3.63) is 78.1 Å². The van der Waals surface area contributed by atoms with Gasteiger partial charge < -0.3 is 8.98 Å². The third kappa shape index (κ3) is 1.54. The molecule has 3 nitrogen and oxygen atoms in total. The van der Waals surface area contributed by atoms with Crippen LogP contribution in [0.15, 0.2) is 71.3 Å². The van der Waals surface area contributed by atoms with Gasteiger partial charge in [0.1, 0.15) is 0 Å². The van der Waals surface area contributed by atoms with Gasteiger partial charge >= 0.3 is 0 Å². The fraction of sp³-hybridized carbons (Fsp3) is 0.143. The molecule has 0 fully saturated rings. The Morgan fingerprint density at radius 2 is 1.61 bits per heavy atom. The molecule has 4 heterocycles. The molecule has 0 aliphatic heterocycles. The number of hydrogen-bond donors (Lipinski definition) is 0.